The Balaban J connectivity index is 2.03. The Morgan fingerprint density at radius 1 is 1.30 bits per heavy atom. The number of aromatic nitrogens is 3. The second-order valence-corrected chi connectivity index (χ2v) is 5.07. The quantitative estimate of drug-likeness (QED) is 0.510. The fourth-order valence-electron chi connectivity index (χ4n) is 2.31. The van der Waals surface area contributed by atoms with Gasteiger partial charge in [0.2, 0.25) is 17.8 Å². The van der Waals surface area contributed by atoms with Crippen molar-refractivity contribution in [2.24, 2.45) is 11.8 Å². The SMILES string of the molecule is CCC1OCCC1CNc1nc(NN)nc(N(C)C)n1. The summed E-state index contributed by atoms with van der Waals surface area (Å²) in [6.07, 6.45) is 2.42. The molecule has 1 aromatic rings. The van der Waals surface area contributed by atoms with Crippen LogP contribution >= 0.6 is 0 Å². The second-order valence-electron chi connectivity index (χ2n) is 5.07. The van der Waals surface area contributed by atoms with E-state index in [0.717, 1.165) is 26.0 Å². The zero-order valence-corrected chi connectivity index (χ0v) is 12.3. The Morgan fingerprint density at radius 2 is 2.05 bits per heavy atom. The first kappa shape index (κ1) is 14.7. The molecule has 2 heterocycles. The van der Waals surface area contributed by atoms with E-state index in [-0.39, 0.29) is 0 Å². The minimum Gasteiger partial charge on any atom is -0.378 e. The first-order valence-electron chi connectivity index (χ1n) is 6.89. The van der Waals surface area contributed by atoms with E-state index in [0.29, 0.717) is 29.9 Å². The highest BCUT2D eigenvalue weighted by atomic mass is 16.5. The molecule has 1 fully saturated rings. The van der Waals surface area contributed by atoms with Gasteiger partial charge in [0, 0.05) is 33.2 Å². The number of rotatable bonds is 6. The summed E-state index contributed by atoms with van der Waals surface area (Å²) in [6, 6.07) is 0. The smallest absolute Gasteiger partial charge is 0.243 e. The topological polar surface area (TPSA) is 101 Å². The maximum atomic E-state index is 5.68. The molecule has 0 saturated carbocycles. The molecule has 1 aliphatic heterocycles. The van der Waals surface area contributed by atoms with Gasteiger partial charge in [-0.05, 0) is 12.8 Å². The van der Waals surface area contributed by atoms with Gasteiger partial charge < -0.3 is 15.0 Å². The summed E-state index contributed by atoms with van der Waals surface area (Å²) in [5.41, 5.74) is 2.46. The van der Waals surface area contributed by atoms with Crippen LogP contribution < -0.4 is 21.5 Å². The van der Waals surface area contributed by atoms with Crippen molar-refractivity contribution in [1.29, 1.82) is 0 Å². The molecule has 1 aliphatic rings. The van der Waals surface area contributed by atoms with E-state index in [4.69, 9.17) is 10.6 Å². The highest BCUT2D eigenvalue weighted by Gasteiger charge is 2.26. The Hall–Kier alpha value is -1.67. The van der Waals surface area contributed by atoms with Crippen LogP contribution in [0.2, 0.25) is 0 Å². The van der Waals surface area contributed by atoms with Crippen LogP contribution in [0.5, 0.6) is 0 Å². The molecule has 0 aromatic carbocycles. The first-order chi connectivity index (χ1) is 9.63. The molecule has 4 N–H and O–H groups in total. The molecule has 2 rings (SSSR count). The maximum Gasteiger partial charge on any atom is 0.243 e. The molecule has 112 valence electrons. The number of nitrogens with zero attached hydrogens (tertiary/aromatic N) is 4. The number of anilines is 3. The van der Waals surface area contributed by atoms with E-state index in [1.54, 1.807) is 4.90 Å². The van der Waals surface area contributed by atoms with Crippen LogP contribution in [0.4, 0.5) is 17.8 Å². The molecule has 0 bridgehead atoms. The van der Waals surface area contributed by atoms with Crippen LogP contribution in [0.3, 0.4) is 0 Å². The van der Waals surface area contributed by atoms with Gasteiger partial charge in [-0.2, -0.15) is 15.0 Å². The van der Waals surface area contributed by atoms with Gasteiger partial charge in [-0.1, -0.05) is 6.92 Å². The van der Waals surface area contributed by atoms with Crippen molar-refractivity contribution in [3.63, 3.8) is 0 Å². The summed E-state index contributed by atoms with van der Waals surface area (Å²) >= 11 is 0. The lowest BCUT2D eigenvalue weighted by Crippen LogP contribution is -2.24. The third-order valence-electron chi connectivity index (χ3n) is 3.42. The fraction of sp³-hybridized carbons (Fsp3) is 0.750. The number of hydrazine groups is 1. The maximum absolute atomic E-state index is 5.68. The number of ether oxygens (including phenoxy) is 1. The average molecular weight is 281 g/mol. The van der Waals surface area contributed by atoms with Gasteiger partial charge in [0.05, 0.1) is 6.10 Å². The summed E-state index contributed by atoms with van der Waals surface area (Å²) in [4.78, 5) is 14.5. The molecule has 0 aliphatic carbocycles. The Labute approximate surface area is 119 Å². The van der Waals surface area contributed by atoms with Crippen LogP contribution in [-0.4, -0.2) is 48.3 Å². The van der Waals surface area contributed by atoms with Gasteiger partial charge in [0.1, 0.15) is 0 Å². The number of hydrogen-bond donors (Lipinski definition) is 3. The fourth-order valence-corrected chi connectivity index (χ4v) is 2.31. The third-order valence-corrected chi connectivity index (χ3v) is 3.42. The summed E-state index contributed by atoms with van der Waals surface area (Å²) in [6.45, 7) is 3.77. The summed E-state index contributed by atoms with van der Waals surface area (Å²) < 4.78 is 5.68. The van der Waals surface area contributed by atoms with Crippen molar-refractivity contribution in [3.8, 4) is 0 Å². The van der Waals surface area contributed by atoms with E-state index in [9.17, 15) is 0 Å². The Bertz CT molecular complexity index is 440. The number of nitrogens with two attached hydrogens (primary N) is 1. The van der Waals surface area contributed by atoms with Crippen molar-refractivity contribution < 1.29 is 4.74 Å². The van der Waals surface area contributed by atoms with E-state index in [2.05, 4.69) is 32.6 Å². The lowest BCUT2D eigenvalue weighted by Gasteiger charge is -2.18. The molecular formula is C12H23N7O. The first-order valence-corrected chi connectivity index (χ1v) is 6.89. The lowest BCUT2D eigenvalue weighted by atomic mass is 10.00. The van der Waals surface area contributed by atoms with Gasteiger partial charge >= 0.3 is 0 Å². The number of nitrogen functional groups attached to an aromatic ring is 1. The third kappa shape index (κ3) is 3.45. The highest BCUT2D eigenvalue weighted by Crippen LogP contribution is 2.23. The van der Waals surface area contributed by atoms with Crippen molar-refractivity contribution in [3.05, 3.63) is 0 Å². The van der Waals surface area contributed by atoms with Crippen LogP contribution in [-0.2, 0) is 4.74 Å². The zero-order chi connectivity index (χ0) is 14.5. The number of hydrogen-bond acceptors (Lipinski definition) is 8. The molecule has 0 spiro atoms. The largest absolute Gasteiger partial charge is 0.378 e. The summed E-state index contributed by atoms with van der Waals surface area (Å²) in [7, 11) is 3.74. The molecule has 20 heavy (non-hydrogen) atoms. The molecule has 8 heteroatoms. The van der Waals surface area contributed by atoms with Gasteiger partial charge in [0.15, 0.2) is 0 Å². The van der Waals surface area contributed by atoms with E-state index in [1.165, 1.54) is 0 Å². The monoisotopic (exact) mass is 281 g/mol. The molecule has 2 unspecified atom stereocenters. The molecule has 8 nitrogen and oxygen atoms in total. The average Bonchev–Trinajstić information content (AvgIpc) is 2.92. The van der Waals surface area contributed by atoms with Crippen LogP contribution in [0.25, 0.3) is 0 Å². The minimum absolute atomic E-state index is 0.324. The normalized spacial score (nSPS) is 21.8. The molecule has 0 amide bonds. The van der Waals surface area contributed by atoms with E-state index < -0.39 is 0 Å². The van der Waals surface area contributed by atoms with E-state index in [1.807, 2.05) is 14.1 Å². The van der Waals surface area contributed by atoms with Crippen LogP contribution in [0.1, 0.15) is 19.8 Å². The van der Waals surface area contributed by atoms with Crippen molar-refractivity contribution in [2.75, 3.05) is 42.9 Å². The summed E-state index contributed by atoms with van der Waals surface area (Å²) in [5.74, 6) is 7.31. The lowest BCUT2D eigenvalue weighted by molar-refractivity contribution is 0.0900. The van der Waals surface area contributed by atoms with Crippen LogP contribution in [0, 0.1) is 5.92 Å². The minimum atomic E-state index is 0.324. The number of nitrogens with one attached hydrogen (secondary N) is 2. The molecule has 1 saturated heterocycles. The Morgan fingerprint density at radius 3 is 2.70 bits per heavy atom. The van der Waals surface area contributed by atoms with Gasteiger partial charge in [-0.3, -0.25) is 5.43 Å². The van der Waals surface area contributed by atoms with Gasteiger partial charge in [0.25, 0.3) is 0 Å². The van der Waals surface area contributed by atoms with Crippen molar-refractivity contribution >= 4 is 17.8 Å². The van der Waals surface area contributed by atoms with E-state index >= 15 is 0 Å². The molecule has 1 aromatic heterocycles. The predicted octanol–water partition coefficient (Wildman–Crippen LogP) is 0.450. The predicted molar refractivity (Wildman–Crippen MR) is 78.6 cm³/mol. The molecule has 0 radical (unpaired) electrons. The Kier molecular flexibility index (Phi) is 4.91. The van der Waals surface area contributed by atoms with Crippen molar-refractivity contribution in [1.82, 2.24) is 15.0 Å². The highest BCUT2D eigenvalue weighted by molar-refractivity contribution is 5.42. The molecular weight excluding hydrogens is 258 g/mol. The molecule has 2 atom stereocenters. The zero-order valence-electron chi connectivity index (χ0n) is 12.3. The standard InChI is InChI=1S/C12H23N7O/c1-4-9-8(5-6-20-9)7-14-10-15-11(18-13)17-12(16-10)19(2)3/h8-9H,4-7,13H2,1-3H3,(H2,14,15,16,17,18). The second kappa shape index (κ2) is 6.67. The van der Waals surface area contributed by atoms with Gasteiger partial charge in [-0.25, -0.2) is 5.84 Å². The summed E-state index contributed by atoms with van der Waals surface area (Å²) in [5, 5.41) is 3.26. The van der Waals surface area contributed by atoms with Crippen molar-refractivity contribution in [2.45, 2.75) is 25.9 Å². The van der Waals surface area contributed by atoms with Gasteiger partial charge in [-0.15, -0.1) is 0 Å². The van der Waals surface area contributed by atoms with Crippen LogP contribution in [0.15, 0.2) is 0 Å².